The maximum Gasteiger partial charge on any atom is 0.185 e. The van der Waals surface area contributed by atoms with E-state index in [0.29, 0.717) is 6.29 Å². The van der Waals surface area contributed by atoms with Gasteiger partial charge in [-0.1, -0.05) is 0 Å². The average molecular weight is 287 g/mol. The first-order chi connectivity index (χ1) is 7.61. The van der Waals surface area contributed by atoms with Crippen molar-refractivity contribution in [3.8, 4) is 11.3 Å². The van der Waals surface area contributed by atoms with Gasteiger partial charge in [0.1, 0.15) is 17.4 Å². The molecule has 0 N–H and O–H groups in total. The zero-order valence-corrected chi connectivity index (χ0v) is 9.42. The summed E-state index contributed by atoms with van der Waals surface area (Å²) in [4.78, 5) is 10.4. The molecule has 0 spiro atoms. The van der Waals surface area contributed by atoms with Gasteiger partial charge in [0.2, 0.25) is 0 Å². The van der Waals surface area contributed by atoms with E-state index in [1.807, 2.05) is 0 Å². The Morgan fingerprint density at radius 3 is 2.56 bits per heavy atom. The van der Waals surface area contributed by atoms with E-state index in [1.54, 1.807) is 0 Å². The second kappa shape index (κ2) is 4.17. The molecule has 2 rings (SSSR count). The number of hydrogen-bond acceptors (Lipinski definition) is 2. The summed E-state index contributed by atoms with van der Waals surface area (Å²) in [5.74, 6) is -1.16. The minimum Gasteiger partial charge on any atom is -0.453 e. The number of carbonyl (C=O) groups is 1. The van der Waals surface area contributed by atoms with Crippen molar-refractivity contribution >= 4 is 22.2 Å². The molecule has 0 saturated heterocycles. The van der Waals surface area contributed by atoms with Gasteiger partial charge < -0.3 is 4.42 Å². The normalized spacial score (nSPS) is 10.4. The van der Waals surface area contributed by atoms with Gasteiger partial charge in [0.25, 0.3) is 0 Å². The van der Waals surface area contributed by atoms with E-state index in [2.05, 4.69) is 15.9 Å². The van der Waals surface area contributed by atoms with Crippen molar-refractivity contribution in [2.75, 3.05) is 0 Å². The first-order valence-corrected chi connectivity index (χ1v) is 5.11. The van der Waals surface area contributed by atoms with Crippen LogP contribution in [0.3, 0.4) is 0 Å². The standard InChI is InChI=1S/C11H5BrF2O2/c12-8-3-7(9(13)4-10(8)14)11-2-1-6(5-15)16-11/h1-5H. The van der Waals surface area contributed by atoms with Crippen molar-refractivity contribution in [1.29, 1.82) is 0 Å². The molecule has 0 aliphatic carbocycles. The molecule has 16 heavy (non-hydrogen) atoms. The number of furan rings is 1. The predicted octanol–water partition coefficient (Wildman–Crippen LogP) is 3.80. The van der Waals surface area contributed by atoms with Crippen molar-refractivity contribution < 1.29 is 18.0 Å². The van der Waals surface area contributed by atoms with Gasteiger partial charge in [-0.25, -0.2) is 8.78 Å². The van der Waals surface area contributed by atoms with Gasteiger partial charge in [-0.2, -0.15) is 0 Å². The SMILES string of the molecule is O=Cc1ccc(-c2cc(Br)c(F)cc2F)o1. The molecule has 2 aromatic rings. The van der Waals surface area contributed by atoms with Gasteiger partial charge in [0, 0.05) is 6.07 Å². The van der Waals surface area contributed by atoms with Crippen LogP contribution >= 0.6 is 15.9 Å². The summed E-state index contributed by atoms with van der Waals surface area (Å²) in [5, 5.41) is 0. The third-order valence-electron chi connectivity index (χ3n) is 2.02. The van der Waals surface area contributed by atoms with Crippen LogP contribution in [0.4, 0.5) is 8.78 Å². The summed E-state index contributed by atoms with van der Waals surface area (Å²) in [6.45, 7) is 0. The van der Waals surface area contributed by atoms with Crippen molar-refractivity contribution in [2.24, 2.45) is 0 Å². The van der Waals surface area contributed by atoms with Crippen LogP contribution in [0.25, 0.3) is 11.3 Å². The maximum absolute atomic E-state index is 13.4. The quantitative estimate of drug-likeness (QED) is 0.621. The third-order valence-corrected chi connectivity index (χ3v) is 2.63. The molecule has 82 valence electrons. The summed E-state index contributed by atoms with van der Waals surface area (Å²) in [7, 11) is 0. The fourth-order valence-electron chi connectivity index (χ4n) is 1.27. The van der Waals surface area contributed by atoms with E-state index in [-0.39, 0.29) is 21.6 Å². The molecule has 0 fully saturated rings. The largest absolute Gasteiger partial charge is 0.453 e. The lowest BCUT2D eigenvalue weighted by molar-refractivity contribution is 0.110. The van der Waals surface area contributed by atoms with Crippen LogP contribution in [0.15, 0.2) is 33.2 Å². The van der Waals surface area contributed by atoms with E-state index in [0.717, 1.165) is 6.07 Å². The Morgan fingerprint density at radius 2 is 1.94 bits per heavy atom. The van der Waals surface area contributed by atoms with Crippen molar-refractivity contribution in [3.63, 3.8) is 0 Å². The number of rotatable bonds is 2. The second-order valence-electron chi connectivity index (χ2n) is 3.07. The Kier molecular flexibility index (Phi) is 2.87. The molecular weight excluding hydrogens is 282 g/mol. The highest BCUT2D eigenvalue weighted by molar-refractivity contribution is 9.10. The molecule has 0 saturated carbocycles. The first kappa shape index (κ1) is 11.0. The van der Waals surface area contributed by atoms with E-state index in [4.69, 9.17) is 4.42 Å². The highest BCUT2D eigenvalue weighted by Crippen LogP contribution is 2.29. The van der Waals surface area contributed by atoms with E-state index in [9.17, 15) is 13.6 Å². The van der Waals surface area contributed by atoms with E-state index < -0.39 is 11.6 Å². The maximum atomic E-state index is 13.4. The molecule has 0 radical (unpaired) electrons. The molecule has 0 aliphatic heterocycles. The lowest BCUT2D eigenvalue weighted by Crippen LogP contribution is -1.86. The minimum absolute atomic E-state index is 0.0925. The molecule has 5 heteroatoms. The Hall–Kier alpha value is -1.49. The number of hydrogen-bond donors (Lipinski definition) is 0. The van der Waals surface area contributed by atoms with Crippen LogP contribution in [0.1, 0.15) is 10.6 Å². The number of halogens is 3. The fourth-order valence-corrected chi connectivity index (χ4v) is 1.62. The van der Waals surface area contributed by atoms with Crippen LogP contribution in [-0.4, -0.2) is 6.29 Å². The van der Waals surface area contributed by atoms with Gasteiger partial charge >= 0.3 is 0 Å². The van der Waals surface area contributed by atoms with Crippen molar-refractivity contribution in [1.82, 2.24) is 0 Å². The van der Waals surface area contributed by atoms with E-state index in [1.165, 1.54) is 18.2 Å². The minimum atomic E-state index is -0.743. The number of benzene rings is 1. The van der Waals surface area contributed by atoms with Gasteiger partial charge in [0.15, 0.2) is 12.0 Å². The number of aldehydes is 1. The highest BCUT2D eigenvalue weighted by Gasteiger charge is 2.13. The molecule has 2 nitrogen and oxygen atoms in total. The van der Waals surface area contributed by atoms with Crippen LogP contribution in [-0.2, 0) is 0 Å². The lowest BCUT2D eigenvalue weighted by Gasteiger charge is -2.01. The molecule has 0 atom stereocenters. The zero-order chi connectivity index (χ0) is 11.7. The molecule has 0 unspecified atom stereocenters. The predicted molar refractivity (Wildman–Crippen MR) is 57.1 cm³/mol. The van der Waals surface area contributed by atoms with Crippen LogP contribution < -0.4 is 0 Å². The molecule has 0 bridgehead atoms. The molecule has 1 heterocycles. The summed E-state index contributed by atoms with van der Waals surface area (Å²) in [5.41, 5.74) is 0.0985. The summed E-state index contributed by atoms with van der Waals surface area (Å²) in [6.07, 6.45) is 0.514. The Labute approximate surface area is 98.0 Å². The van der Waals surface area contributed by atoms with Gasteiger partial charge in [-0.05, 0) is 34.1 Å². The van der Waals surface area contributed by atoms with Gasteiger partial charge in [-0.3, -0.25) is 4.79 Å². The monoisotopic (exact) mass is 286 g/mol. The first-order valence-electron chi connectivity index (χ1n) is 4.31. The van der Waals surface area contributed by atoms with Gasteiger partial charge in [-0.15, -0.1) is 0 Å². The Morgan fingerprint density at radius 1 is 1.19 bits per heavy atom. The Bertz CT molecular complexity index is 549. The van der Waals surface area contributed by atoms with Crippen LogP contribution in [0.2, 0.25) is 0 Å². The zero-order valence-electron chi connectivity index (χ0n) is 7.84. The fraction of sp³-hybridized carbons (Fsp3) is 0. The summed E-state index contributed by atoms with van der Waals surface area (Å²) in [6, 6.07) is 4.88. The average Bonchev–Trinajstić information content (AvgIpc) is 2.71. The summed E-state index contributed by atoms with van der Waals surface area (Å²) < 4.78 is 31.6. The summed E-state index contributed by atoms with van der Waals surface area (Å²) >= 11 is 2.95. The topological polar surface area (TPSA) is 30.2 Å². The van der Waals surface area contributed by atoms with Crippen LogP contribution in [0, 0.1) is 11.6 Å². The van der Waals surface area contributed by atoms with E-state index >= 15 is 0 Å². The molecule has 1 aromatic heterocycles. The Balaban J connectivity index is 2.55. The van der Waals surface area contributed by atoms with Gasteiger partial charge in [0.05, 0.1) is 10.0 Å². The molecular formula is C11H5BrF2O2. The third kappa shape index (κ3) is 1.90. The highest BCUT2D eigenvalue weighted by atomic mass is 79.9. The smallest absolute Gasteiger partial charge is 0.185 e. The molecule has 0 aliphatic rings. The van der Waals surface area contributed by atoms with Crippen molar-refractivity contribution in [2.45, 2.75) is 0 Å². The van der Waals surface area contributed by atoms with Crippen LogP contribution in [0.5, 0.6) is 0 Å². The lowest BCUT2D eigenvalue weighted by atomic mass is 10.1. The second-order valence-corrected chi connectivity index (χ2v) is 3.92. The number of carbonyl (C=O) groups excluding carboxylic acids is 1. The molecule has 0 amide bonds. The van der Waals surface area contributed by atoms with Crippen molar-refractivity contribution in [3.05, 3.63) is 46.1 Å². The molecule has 1 aromatic carbocycles.